The van der Waals surface area contributed by atoms with Crippen molar-refractivity contribution in [2.45, 2.75) is 77.4 Å². The van der Waals surface area contributed by atoms with Gasteiger partial charge in [0.15, 0.2) is 0 Å². The molecule has 11 heteroatoms. The molecule has 1 aliphatic rings. The molecule has 11 nitrogen and oxygen atoms in total. The van der Waals surface area contributed by atoms with Crippen LogP contribution < -0.4 is 16.0 Å². The molecule has 0 bridgehead atoms. The number of alkyl carbamates (subject to hydrolysis) is 1. The van der Waals surface area contributed by atoms with Gasteiger partial charge in [0.2, 0.25) is 18.6 Å². The standard InChI is InChI=1S/C24H33N3O8/c1-7-24(13-12-17(28)26-18(24)29)15-8-10-16(11-9-15)25-20(31)34-14-33-19(30)23(5,6)27-21(32)35-22(2,3)4/h8-11H,7,12-14H2,1-6H3,(H,25,31)(H,27,32)(H,26,28,29). The lowest BCUT2D eigenvalue weighted by Gasteiger charge is -2.35. The molecule has 0 aliphatic carbocycles. The Morgan fingerprint density at radius 3 is 2.17 bits per heavy atom. The van der Waals surface area contributed by atoms with Gasteiger partial charge in [-0.3, -0.25) is 20.2 Å². The van der Waals surface area contributed by atoms with Crippen molar-refractivity contribution in [3.8, 4) is 0 Å². The van der Waals surface area contributed by atoms with Gasteiger partial charge in [-0.05, 0) is 65.2 Å². The minimum atomic E-state index is -1.41. The van der Waals surface area contributed by atoms with Crippen LogP contribution in [-0.2, 0) is 34.0 Å². The number of hydrogen-bond donors (Lipinski definition) is 3. The van der Waals surface area contributed by atoms with Crippen molar-refractivity contribution in [1.29, 1.82) is 0 Å². The second-order valence-electron chi connectivity index (χ2n) is 9.75. The van der Waals surface area contributed by atoms with Crippen molar-refractivity contribution in [1.82, 2.24) is 10.6 Å². The molecule has 1 atom stereocenters. The van der Waals surface area contributed by atoms with E-state index in [1.54, 1.807) is 45.0 Å². The molecule has 192 valence electrons. The summed E-state index contributed by atoms with van der Waals surface area (Å²) in [5.41, 5.74) is -1.82. The number of esters is 1. The average molecular weight is 492 g/mol. The highest BCUT2D eigenvalue weighted by atomic mass is 16.7. The van der Waals surface area contributed by atoms with Crippen LogP contribution in [0.2, 0.25) is 0 Å². The van der Waals surface area contributed by atoms with Crippen LogP contribution in [0.15, 0.2) is 24.3 Å². The van der Waals surface area contributed by atoms with Crippen LogP contribution in [-0.4, -0.2) is 47.9 Å². The Balaban J connectivity index is 1.86. The highest BCUT2D eigenvalue weighted by Gasteiger charge is 2.42. The van der Waals surface area contributed by atoms with Gasteiger partial charge in [-0.15, -0.1) is 0 Å². The summed E-state index contributed by atoms with van der Waals surface area (Å²) in [6.07, 6.45) is -0.466. The van der Waals surface area contributed by atoms with E-state index in [1.807, 2.05) is 6.92 Å². The fourth-order valence-corrected chi connectivity index (χ4v) is 3.52. The van der Waals surface area contributed by atoms with Crippen molar-refractivity contribution >= 4 is 35.7 Å². The summed E-state index contributed by atoms with van der Waals surface area (Å²) >= 11 is 0. The first-order valence-electron chi connectivity index (χ1n) is 11.3. The third kappa shape index (κ3) is 7.43. The molecule has 1 unspecified atom stereocenters. The molecule has 1 aliphatic heterocycles. The molecule has 3 N–H and O–H groups in total. The molecule has 0 saturated carbocycles. The Kier molecular flexibility index (Phi) is 8.48. The van der Waals surface area contributed by atoms with Gasteiger partial charge >= 0.3 is 18.2 Å². The van der Waals surface area contributed by atoms with E-state index in [0.29, 0.717) is 18.5 Å². The SMILES string of the molecule is CCC1(c2ccc(NC(=O)OCOC(=O)C(C)(C)NC(=O)OC(C)(C)C)cc2)CCC(=O)NC1=O. The van der Waals surface area contributed by atoms with Crippen LogP contribution in [0, 0.1) is 0 Å². The van der Waals surface area contributed by atoms with E-state index >= 15 is 0 Å². The number of piperidine rings is 1. The molecule has 0 radical (unpaired) electrons. The monoisotopic (exact) mass is 491 g/mol. The first-order valence-corrected chi connectivity index (χ1v) is 11.3. The highest BCUT2D eigenvalue weighted by molar-refractivity contribution is 6.03. The third-order valence-electron chi connectivity index (χ3n) is 5.46. The number of nitrogens with one attached hydrogen (secondary N) is 3. The lowest BCUT2D eigenvalue weighted by atomic mass is 9.72. The van der Waals surface area contributed by atoms with Crippen LogP contribution in [0.4, 0.5) is 15.3 Å². The predicted octanol–water partition coefficient (Wildman–Crippen LogP) is 3.12. The maximum atomic E-state index is 12.5. The summed E-state index contributed by atoms with van der Waals surface area (Å²) in [5, 5.41) is 7.28. The number of carbonyl (C=O) groups is 5. The zero-order valence-electron chi connectivity index (χ0n) is 20.9. The van der Waals surface area contributed by atoms with E-state index in [9.17, 15) is 24.0 Å². The number of ether oxygens (including phenoxy) is 3. The van der Waals surface area contributed by atoms with Gasteiger partial charge in [0.05, 0.1) is 5.41 Å². The molecule has 1 aromatic carbocycles. The van der Waals surface area contributed by atoms with Gasteiger partial charge in [0.1, 0.15) is 11.1 Å². The van der Waals surface area contributed by atoms with E-state index < -0.39 is 41.5 Å². The van der Waals surface area contributed by atoms with E-state index in [-0.39, 0.29) is 18.2 Å². The van der Waals surface area contributed by atoms with Crippen LogP contribution in [0.3, 0.4) is 0 Å². The molecule has 1 heterocycles. The first-order chi connectivity index (χ1) is 16.2. The Morgan fingerprint density at radius 2 is 1.63 bits per heavy atom. The van der Waals surface area contributed by atoms with Gasteiger partial charge in [0.25, 0.3) is 0 Å². The number of amides is 4. The molecule has 0 aromatic heterocycles. The maximum Gasteiger partial charge on any atom is 0.414 e. The lowest BCUT2D eigenvalue weighted by molar-refractivity contribution is -0.158. The fraction of sp³-hybridized carbons (Fsp3) is 0.542. The fourth-order valence-electron chi connectivity index (χ4n) is 3.52. The molecular weight excluding hydrogens is 458 g/mol. The van der Waals surface area contributed by atoms with Crippen molar-refractivity contribution in [3.05, 3.63) is 29.8 Å². The van der Waals surface area contributed by atoms with Crippen molar-refractivity contribution in [2.75, 3.05) is 12.1 Å². The molecule has 1 saturated heterocycles. The molecule has 35 heavy (non-hydrogen) atoms. The lowest BCUT2D eigenvalue weighted by Crippen LogP contribution is -2.52. The summed E-state index contributed by atoms with van der Waals surface area (Å²) < 4.78 is 14.9. The minimum Gasteiger partial charge on any atom is -0.444 e. The first kappa shape index (κ1) is 27.6. The zero-order chi connectivity index (χ0) is 26.4. The van der Waals surface area contributed by atoms with Crippen LogP contribution >= 0.6 is 0 Å². The largest absolute Gasteiger partial charge is 0.444 e. The number of anilines is 1. The van der Waals surface area contributed by atoms with Crippen molar-refractivity contribution < 1.29 is 38.2 Å². The Labute approximate surface area is 204 Å². The summed E-state index contributed by atoms with van der Waals surface area (Å²) in [6, 6.07) is 6.63. The molecule has 1 fully saturated rings. The normalized spacial score (nSPS) is 18.2. The number of benzene rings is 1. The topological polar surface area (TPSA) is 149 Å². The number of imide groups is 1. The van der Waals surface area contributed by atoms with Crippen LogP contribution in [0.1, 0.15) is 66.4 Å². The van der Waals surface area contributed by atoms with Crippen LogP contribution in [0.25, 0.3) is 0 Å². The highest BCUT2D eigenvalue weighted by Crippen LogP contribution is 2.36. The summed E-state index contributed by atoms with van der Waals surface area (Å²) in [6.45, 7) is 9.12. The number of rotatable bonds is 7. The summed E-state index contributed by atoms with van der Waals surface area (Å²) in [4.78, 5) is 60.2. The molecule has 0 spiro atoms. The molecule has 2 rings (SSSR count). The van der Waals surface area contributed by atoms with Gasteiger partial charge in [0, 0.05) is 12.1 Å². The summed E-state index contributed by atoms with van der Waals surface area (Å²) in [5.74, 6) is -1.44. The Hall–Kier alpha value is -3.63. The van der Waals surface area contributed by atoms with Gasteiger partial charge < -0.3 is 19.5 Å². The van der Waals surface area contributed by atoms with E-state index in [2.05, 4.69) is 16.0 Å². The predicted molar refractivity (Wildman–Crippen MR) is 125 cm³/mol. The third-order valence-corrected chi connectivity index (χ3v) is 5.46. The quantitative estimate of drug-likeness (QED) is 0.299. The van der Waals surface area contributed by atoms with Crippen molar-refractivity contribution in [3.63, 3.8) is 0 Å². The smallest absolute Gasteiger partial charge is 0.414 e. The van der Waals surface area contributed by atoms with E-state index in [0.717, 1.165) is 5.56 Å². The van der Waals surface area contributed by atoms with Gasteiger partial charge in [-0.2, -0.15) is 0 Å². The number of hydrogen-bond acceptors (Lipinski definition) is 8. The van der Waals surface area contributed by atoms with E-state index in [1.165, 1.54) is 13.8 Å². The Morgan fingerprint density at radius 1 is 1.00 bits per heavy atom. The van der Waals surface area contributed by atoms with Gasteiger partial charge in [-0.1, -0.05) is 19.1 Å². The zero-order valence-corrected chi connectivity index (χ0v) is 20.9. The number of carbonyl (C=O) groups excluding carboxylic acids is 5. The second kappa shape index (κ2) is 10.7. The van der Waals surface area contributed by atoms with Gasteiger partial charge in [-0.25, -0.2) is 14.4 Å². The molecule has 4 amide bonds. The summed E-state index contributed by atoms with van der Waals surface area (Å²) in [7, 11) is 0. The molecular formula is C24H33N3O8. The minimum absolute atomic E-state index is 0.259. The average Bonchev–Trinajstić information content (AvgIpc) is 2.73. The molecule has 1 aromatic rings. The van der Waals surface area contributed by atoms with E-state index in [4.69, 9.17) is 14.2 Å². The van der Waals surface area contributed by atoms with Crippen LogP contribution in [0.5, 0.6) is 0 Å². The Bertz CT molecular complexity index is 981. The maximum absolute atomic E-state index is 12.5. The van der Waals surface area contributed by atoms with Crippen molar-refractivity contribution in [2.24, 2.45) is 0 Å². The second-order valence-corrected chi connectivity index (χ2v) is 9.75.